The van der Waals surface area contributed by atoms with Crippen molar-refractivity contribution in [1.29, 1.82) is 0 Å². The Morgan fingerprint density at radius 2 is 1.79 bits per heavy atom. The van der Waals surface area contributed by atoms with Gasteiger partial charge in [0.05, 0.1) is 11.1 Å². The minimum absolute atomic E-state index is 0.127. The third-order valence-electron chi connectivity index (χ3n) is 5.30. The first-order valence-electron chi connectivity index (χ1n) is 9.81. The third-order valence-corrected chi connectivity index (χ3v) is 5.30. The number of nitrogens with one attached hydrogen (secondary N) is 1. The number of rotatable bonds is 4. The first-order valence-corrected chi connectivity index (χ1v) is 9.81. The summed E-state index contributed by atoms with van der Waals surface area (Å²) in [7, 11) is 0. The quantitative estimate of drug-likeness (QED) is 0.741. The lowest BCUT2D eigenvalue weighted by atomic mass is 10.0. The summed E-state index contributed by atoms with van der Waals surface area (Å²) >= 11 is 0. The molecule has 0 spiro atoms. The number of carbonyl (C=O) groups is 2. The van der Waals surface area contributed by atoms with Crippen LogP contribution in [0.5, 0.6) is 0 Å². The number of fused-ring (bicyclic) bond motifs is 1. The fraction of sp³-hybridized carbons (Fsp3) is 0.208. The van der Waals surface area contributed by atoms with Gasteiger partial charge in [0.15, 0.2) is 0 Å². The Morgan fingerprint density at radius 1 is 1.03 bits per heavy atom. The Labute approximate surface area is 170 Å². The molecule has 29 heavy (non-hydrogen) atoms. The van der Waals surface area contributed by atoms with Crippen molar-refractivity contribution in [2.75, 3.05) is 11.4 Å². The molecular formula is C24H23N3O2. The molecule has 5 heteroatoms. The van der Waals surface area contributed by atoms with Crippen LogP contribution in [0, 0.1) is 6.92 Å². The lowest BCUT2D eigenvalue weighted by Gasteiger charge is -2.29. The largest absolute Gasteiger partial charge is 0.348 e. The van der Waals surface area contributed by atoms with Gasteiger partial charge in [-0.2, -0.15) is 0 Å². The lowest BCUT2D eigenvalue weighted by molar-refractivity contribution is 0.0950. The van der Waals surface area contributed by atoms with Crippen LogP contribution in [0.1, 0.15) is 43.8 Å². The zero-order chi connectivity index (χ0) is 20.2. The van der Waals surface area contributed by atoms with E-state index in [0.29, 0.717) is 24.2 Å². The number of aryl methyl sites for hydroxylation is 2. The zero-order valence-electron chi connectivity index (χ0n) is 16.4. The number of para-hydroxylation sites is 1. The Kier molecular flexibility index (Phi) is 5.38. The summed E-state index contributed by atoms with van der Waals surface area (Å²) in [4.78, 5) is 31.6. The van der Waals surface area contributed by atoms with Crippen LogP contribution in [0.4, 0.5) is 5.69 Å². The zero-order valence-corrected chi connectivity index (χ0v) is 16.4. The van der Waals surface area contributed by atoms with Crippen LogP contribution < -0.4 is 10.2 Å². The van der Waals surface area contributed by atoms with Gasteiger partial charge >= 0.3 is 0 Å². The predicted octanol–water partition coefficient (Wildman–Crippen LogP) is 3.91. The molecule has 4 rings (SSSR count). The number of anilines is 1. The molecule has 2 amide bonds. The molecule has 0 atom stereocenters. The second-order valence-electron chi connectivity index (χ2n) is 7.26. The SMILES string of the molecule is Cc1ccccc1CNC(=O)c1cncc(C(=O)N2CCCc3ccccc32)c1. The molecule has 2 heterocycles. The molecule has 0 unspecified atom stereocenters. The van der Waals surface area contributed by atoms with Gasteiger partial charge in [-0.05, 0) is 48.6 Å². The third kappa shape index (κ3) is 4.04. The summed E-state index contributed by atoms with van der Waals surface area (Å²) in [6.07, 6.45) is 4.91. The van der Waals surface area contributed by atoms with Crippen LogP contribution in [0.25, 0.3) is 0 Å². The molecular weight excluding hydrogens is 362 g/mol. The summed E-state index contributed by atoms with van der Waals surface area (Å²) in [5.74, 6) is -0.368. The summed E-state index contributed by atoms with van der Waals surface area (Å²) in [5, 5.41) is 2.91. The number of aromatic nitrogens is 1. The van der Waals surface area contributed by atoms with Gasteiger partial charge in [-0.25, -0.2) is 0 Å². The van der Waals surface area contributed by atoms with Gasteiger partial charge in [-0.1, -0.05) is 42.5 Å². The minimum Gasteiger partial charge on any atom is -0.348 e. The average Bonchev–Trinajstić information content (AvgIpc) is 2.77. The van der Waals surface area contributed by atoms with Gasteiger partial charge in [-0.15, -0.1) is 0 Å². The first kappa shape index (κ1) is 18.9. The first-order chi connectivity index (χ1) is 14.1. The van der Waals surface area contributed by atoms with Crippen LogP contribution >= 0.6 is 0 Å². The van der Waals surface area contributed by atoms with Gasteiger partial charge in [0.25, 0.3) is 11.8 Å². The van der Waals surface area contributed by atoms with Gasteiger partial charge in [0, 0.05) is 31.2 Å². The van der Waals surface area contributed by atoms with Crippen molar-refractivity contribution >= 4 is 17.5 Å². The fourth-order valence-corrected chi connectivity index (χ4v) is 3.67. The van der Waals surface area contributed by atoms with Crippen LogP contribution in [0.3, 0.4) is 0 Å². The molecule has 5 nitrogen and oxygen atoms in total. The van der Waals surface area contributed by atoms with E-state index in [0.717, 1.165) is 29.7 Å². The van der Waals surface area contributed by atoms with E-state index in [2.05, 4.69) is 16.4 Å². The smallest absolute Gasteiger partial charge is 0.259 e. The highest BCUT2D eigenvalue weighted by Gasteiger charge is 2.24. The average molecular weight is 385 g/mol. The van der Waals surface area contributed by atoms with E-state index in [-0.39, 0.29) is 11.8 Å². The monoisotopic (exact) mass is 385 g/mol. The molecule has 3 aromatic rings. The number of hydrogen-bond acceptors (Lipinski definition) is 3. The second kappa shape index (κ2) is 8.27. The van der Waals surface area contributed by atoms with Gasteiger partial charge in [0.2, 0.25) is 0 Å². The molecule has 0 saturated heterocycles. The van der Waals surface area contributed by atoms with E-state index in [4.69, 9.17) is 0 Å². The van der Waals surface area contributed by atoms with Gasteiger partial charge < -0.3 is 10.2 Å². The summed E-state index contributed by atoms with van der Waals surface area (Å²) in [6.45, 7) is 3.11. The van der Waals surface area contributed by atoms with Crippen molar-refractivity contribution in [3.63, 3.8) is 0 Å². The predicted molar refractivity (Wildman–Crippen MR) is 113 cm³/mol. The van der Waals surface area contributed by atoms with Crippen molar-refractivity contribution in [2.24, 2.45) is 0 Å². The summed E-state index contributed by atoms with van der Waals surface area (Å²) < 4.78 is 0. The Hall–Kier alpha value is -3.47. The van der Waals surface area contributed by atoms with Crippen LogP contribution in [-0.2, 0) is 13.0 Å². The summed E-state index contributed by atoms with van der Waals surface area (Å²) in [6, 6.07) is 17.5. The number of amides is 2. The minimum atomic E-state index is -0.241. The topological polar surface area (TPSA) is 62.3 Å². The highest BCUT2D eigenvalue weighted by Crippen LogP contribution is 2.28. The highest BCUT2D eigenvalue weighted by atomic mass is 16.2. The standard InChI is InChI=1S/C24H23N3O2/c1-17-7-2-3-9-19(17)16-26-23(28)20-13-21(15-25-14-20)24(29)27-12-6-10-18-8-4-5-11-22(18)27/h2-5,7-9,11,13-15H,6,10,12,16H2,1H3,(H,26,28). The van der Waals surface area contributed by atoms with Crippen molar-refractivity contribution in [3.05, 3.63) is 94.8 Å². The van der Waals surface area contributed by atoms with E-state index in [1.54, 1.807) is 11.0 Å². The maximum Gasteiger partial charge on any atom is 0.259 e. The number of hydrogen-bond donors (Lipinski definition) is 1. The molecule has 0 aliphatic carbocycles. The van der Waals surface area contributed by atoms with Crippen molar-refractivity contribution < 1.29 is 9.59 Å². The molecule has 0 saturated carbocycles. The molecule has 2 aromatic carbocycles. The molecule has 0 fully saturated rings. The normalized spacial score (nSPS) is 12.9. The Morgan fingerprint density at radius 3 is 2.66 bits per heavy atom. The van der Waals surface area contributed by atoms with E-state index in [9.17, 15) is 9.59 Å². The van der Waals surface area contributed by atoms with Crippen LogP contribution in [0.2, 0.25) is 0 Å². The van der Waals surface area contributed by atoms with Crippen molar-refractivity contribution in [1.82, 2.24) is 10.3 Å². The maximum atomic E-state index is 13.1. The second-order valence-corrected chi connectivity index (χ2v) is 7.26. The van der Waals surface area contributed by atoms with E-state index in [1.807, 2.05) is 49.4 Å². The molecule has 1 aliphatic heterocycles. The van der Waals surface area contributed by atoms with Crippen LogP contribution in [-0.4, -0.2) is 23.3 Å². The van der Waals surface area contributed by atoms with E-state index >= 15 is 0 Å². The highest BCUT2D eigenvalue weighted by molar-refractivity contribution is 6.08. The number of nitrogens with zero attached hydrogens (tertiary/aromatic N) is 2. The van der Waals surface area contributed by atoms with Gasteiger partial charge in [0.1, 0.15) is 0 Å². The number of pyridine rings is 1. The molecule has 0 bridgehead atoms. The molecule has 1 aliphatic rings. The van der Waals surface area contributed by atoms with Crippen molar-refractivity contribution in [2.45, 2.75) is 26.3 Å². The fourth-order valence-electron chi connectivity index (χ4n) is 3.67. The van der Waals surface area contributed by atoms with E-state index < -0.39 is 0 Å². The Bertz CT molecular complexity index is 1060. The van der Waals surface area contributed by atoms with Crippen LogP contribution in [0.15, 0.2) is 67.0 Å². The summed E-state index contributed by atoms with van der Waals surface area (Å²) in [5.41, 5.74) is 5.11. The number of carbonyl (C=O) groups excluding carboxylic acids is 2. The van der Waals surface area contributed by atoms with E-state index in [1.165, 1.54) is 18.0 Å². The maximum absolute atomic E-state index is 13.1. The molecule has 0 radical (unpaired) electrons. The number of benzene rings is 2. The molecule has 146 valence electrons. The molecule has 1 aromatic heterocycles. The van der Waals surface area contributed by atoms with Crippen molar-refractivity contribution in [3.8, 4) is 0 Å². The Balaban J connectivity index is 1.51. The molecule has 1 N–H and O–H groups in total. The lowest BCUT2D eigenvalue weighted by Crippen LogP contribution is -2.35. The van der Waals surface area contributed by atoms with Gasteiger partial charge in [-0.3, -0.25) is 14.6 Å².